The lowest BCUT2D eigenvalue weighted by molar-refractivity contribution is 0.00536. The molecule has 0 saturated carbocycles. The Kier molecular flexibility index (Phi) is 3.64. The summed E-state index contributed by atoms with van der Waals surface area (Å²) >= 11 is 0. The Balaban J connectivity index is 1.82. The van der Waals surface area contributed by atoms with E-state index in [4.69, 9.17) is 4.74 Å². The number of benzene rings is 1. The Bertz CT molecular complexity index is 413. The van der Waals surface area contributed by atoms with Crippen LogP contribution in [0.1, 0.15) is 29.2 Å². The molecular weight excluding hydrogens is 224 g/mol. The Morgan fingerprint density at radius 1 is 1.33 bits per heavy atom. The first-order valence-electron chi connectivity index (χ1n) is 7.00. The van der Waals surface area contributed by atoms with Crippen LogP contribution in [0.5, 0.6) is 0 Å². The zero-order valence-corrected chi connectivity index (χ0v) is 11.0. The van der Waals surface area contributed by atoms with Gasteiger partial charge in [-0.15, -0.1) is 0 Å². The number of aryl methyl sites for hydroxylation is 2. The van der Waals surface area contributed by atoms with Crippen LogP contribution in [-0.2, 0) is 17.6 Å². The molecule has 3 nitrogen and oxygen atoms in total. The minimum atomic E-state index is 0.239. The Morgan fingerprint density at radius 3 is 3.00 bits per heavy atom. The van der Waals surface area contributed by atoms with Gasteiger partial charge in [0.15, 0.2) is 0 Å². The SMILES string of the molecule is CNC(c1ccc2c(c1)CCC2)C1CNCCO1. The van der Waals surface area contributed by atoms with Gasteiger partial charge in [0.05, 0.1) is 18.8 Å². The predicted molar refractivity (Wildman–Crippen MR) is 72.9 cm³/mol. The van der Waals surface area contributed by atoms with Crippen molar-refractivity contribution in [3.63, 3.8) is 0 Å². The topological polar surface area (TPSA) is 33.3 Å². The lowest BCUT2D eigenvalue weighted by atomic mass is 9.97. The summed E-state index contributed by atoms with van der Waals surface area (Å²) in [4.78, 5) is 0. The zero-order chi connectivity index (χ0) is 12.4. The quantitative estimate of drug-likeness (QED) is 0.846. The minimum absolute atomic E-state index is 0.239. The van der Waals surface area contributed by atoms with E-state index in [1.165, 1.54) is 36.0 Å². The average molecular weight is 246 g/mol. The van der Waals surface area contributed by atoms with Crippen molar-refractivity contribution in [2.75, 3.05) is 26.7 Å². The molecule has 1 aliphatic carbocycles. The standard InChI is InChI=1S/C15H22N2O/c1-16-15(14-10-17-7-8-18-14)13-6-5-11-3-2-4-12(11)9-13/h5-6,9,14-17H,2-4,7-8,10H2,1H3. The van der Waals surface area contributed by atoms with Crippen molar-refractivity contribution < 1.29 is 4.74 Å². The lowest BCUT2D eigenvalue weighted by Gasteiger charge is -2.31. The van der Waals surface area contributed by atoms with Gasteiger partial charge in [0.25, 0.3) is 0 Å². The van der Waals surface area contributed by atoms with Crippen molar-refractivity contribution in [3.8, 4) is 0 Å². The lowest BCUT2D eigenvalue weighted by Crippen LogP contribution is -2.45. The molecule has 2 unspecified atom stereocenters. The second-order valence-corrected chi connectivity index (χ2v) is 5.26. The highest BCUT2D eigenvalue weighted by Gasteiger charge is 2.25. The molecule has 18 heavy (non-hydrogen) atoms. The van der Waals surface area contributed by atoms with Crippen LogP contribution in [0.25, 0.3) is 0 Å². The minimum Gasteiger partial charge on any atom is -0.374 e. The molecule has 2 N–H and O–H groups in total. The fraction of sp³-hybridized carbons (Fsp3) is 0.600. The number of nitrogens with one attached hydrogen (secondary N) is 2. The molecule has 0 aromatic heterocycles. The summed E-state index contributed by atoms with van der Waals surface area (Å²) in [7, 11) is 2.02. The number of ether oxygens (including phenoxy) is 1. The first-order valence-corrected chi connectivity index (χ1v) is 7.00. The highest BCUT2D eigenvalue weighted by molar-refractivity contribution is 5.37. The van der Waals surface area contributed by atoms with Gasteiger partial charge < -0.3 is 15.4 Å². The number of morpholine rings is 1. The Labute approximate surface area is 109 Å². The van der Waals surface area contributed by atoms with Crippen LogP contribution in [0.3, 0.4) is 0 Å². The fourth-order valence-corrected chi connectivity index (χ4v) is 3.15. The van der Waals surface area contributed by atoms with Gasteiger partial charge in [-0.25, -0.2) is 0 Å². The average Bonchev–Trinajstić information content (AvgIpc) is 2.88. The van der Waals surface area contributed by atoms with E-state index in [2.05, 4.69) is 28.8 Å². The molecule has 0 spiro atoms. The molecule has 0 bridgehead atoms. The van der Waals surface area contributed by atoms with Crippen LogP contribution in [-0.4, -0.2) is 32.8 Å². The summed E-state index contributed by atoms with van der Waals surface area (Å²) in [5.41, 5.74) is 4.44. The van der Waals surface area contributed by atoms with Gasteiger partial charge in [0.2, 0.25) is 0 Å². The first-order chi connectivity index (χ1) is 8.88. The third-order valence-corrected chi connectivity index (χ3v) is 4.12. The maximum Gasteiger partial charge on any atom is 0.0894 e. The highest BCUT2D eigenvalue weighted by Crippen LogP contribution is 2.27. The molecule has 1 saturated heterocycles. The second kappa shape index (κ2) is 5.39. The van der Waals surface area contributed by atoms with Gasteiger partial charge in [0, 0.05) is 13.1 Å². The Morgan fingerprint density at radius 2 is 2.22 bits per heavy atom. The number of likely N-dealkylation sites (N-methyl/N-ethyl adjacent to an activating group) is 1. The molecule has 2 aliphatic rings. The van der Waals surface area contributed by atoms with Gasteiger partial charge >= 0.3 is 0 Å². The van der Waals surface area contributed by atoms with E-state index in [0.29, 0.717) is 6.04 Å². The monoisotopic (exact) mass is 246 g/mol. The molecule has 1 heterocycles. The van der Waals surface area contributed by atoms with Crippen LogP contribution >= 0.6 is 0 Å². The molecule has 1 aromatic rings. The molecule has 98 valence electrons. The highest BCUT2D eigenvalue weighted by atomic mass is 16.5. The van der Waals surface area contributed by atoms with E-state index in [-0.39, 0.29) is 6.10 Å². The molecule has 0 amide bonds. The summed E-state index contributed by atoms with van der Waals surface area (Å²) < 4.78 is 5.88. The molecule has 3 heteroatoms. The third kappa shape index (κ3) is 2.30. The van der Waals surface area contributed by atoms with Crippen LogP contribution in [0.4, 0.5) is 0 Å². The predicted octanol–water partition coefficient (Wildman–Crippen LogP) is 1.42. The molecule has 1 aromatic carbocycles. The molecule has 1 fully saturated rings. The largest absolute Gasteiger partial charge is 0.374 e. The van der Waals surface area contributed by atoms with E-state index in [0.717, 1.165) is 19.7 Å². The summed E-state index contributed by atoms with van der Waals surface area (Å²) in [6.07, 6.45) is 4.04. The smallest absolute Gasteiger partial charge is 0.0894 e. The normalized spacial score (nSPS) is 24.8. The molecule has 0 radical (unpaired) electrons. The Hall–Kier alpha value is -0.900. The van der Waals surface area contributed by atoms with Crippen LogP contribution < -0.4 is 10.6 Å². The maximum absolute atomic E-state index is 5.88. The molecule has 1 aliphatic heterocycles. The van der Waals surface area contributed by atoms with Gasteiger partial charge in [-0.3, -0.25) is 0 Å². The summed E-state index contributed by atoms with van der Waals surface area (Å²) in [5, 5.41) is 6.82. The van der Waals surface area contributed by atoms with Crippen molar-refractivity contribution in [3.05, 3.63) is 34.9 Å². The van der Waals surface area contributed by atoms with E-state index < -0.39 is 0 Å². The maximum atomic E-state index is 5.88. The van der Waals surface area contributed by atoms with E-state index in [1.807, 2.05) is 7.05 Å². The van der Waals surface area contributed by atoms with Gasteiger partial charge in [-0.1, -0.05) is 18.2 Å². The van der Waals surface area contributed by atoms with E-state index in [1.54, 1.807) is 0 Å². The van der Waals surface area contributed by atoms with Crippen molar-refractivity contribution >= 4 is 0 Å². The second-order valence-electron chi connectivity index (χ2n) is 5.26. The van der Waals surface area contributed by atoms with Crippen LogP contribution in [0, 0.1) is 0 Å². The van der Waals surface area contributed by atoms with Crippen molar-refractivity contribution in [2.45, 2.75) is 31.4 Å². The molecular formula is C15H22N2O. The van der Waals surface area contributed by atoms with Crippen molar-refractivity contribution in [1.29, 1.82) is 0 Å². The molecule has 3 rings (SSSR count). The van der Waals surface area contributed by atoms with Crippen molar-refractivity contribution in [1.82, 2.24) is 10.6 Å². The third-order valence-electron chi connectivity index (χ3n) is 4.12. The zero-order valence-electron chi connectivity index (χ0n) is 11.0. The first kappa shape index (κ1) is 12.2. The summed E-state index contributed by atoms with van der Waals surface area (Å²) in [6.45, 7) is 2.72. The van der Waals surface area contributed by atoms with Gasteiger partial charge in [-0.2, -0.15) is 0 Å². The van der Waals surface area contributed by atoms with Crippen LogP contribution in [0.2, 0.25) is 0 Å². The van der Waals surface area contributed by atoms with Gasteiger partial charge in [-0.05, 0) is 43.0 Å². The fourth-order valence-electron chi connectivity index (χ4n) is 3.15. The van der Waals surface area contributed by atoms with Crippen molar-refractivity contribution in [2.24, 2.45) is 0 Å². The number of hydrogen-bond acceptors (Lipinski definition) is 3. The molecule has 2 atom stereocenters. The van der Waals surface area contributed by atoms with E-state index >= 15 is 0 Å². The summed E-state index contributed by atoms with van der Waals surface area (Å²) in [5.74, 6) is 0. The number of fused-ring (bicyclic) bond motifs is 1. The van der Waals surface area contributed by atoms with E-state index in [9.17, 15) is 0 Å². The summed E-state index contributed by atoms with van der Waals surface area (Å²) in [6, 6.07) is 7.24. The van der Waals surface area contributed by atoms with Crippen LogP contribution in [0.15, 0.2) is 18.2 Å². The number of rotatable bonds is 3. The van der Waals surface area contributed by atoms with Gasteiger partial charge in [0.1, 0.15) is 0 Å². The number of hydrogen-bond donors (Lipinski definition) is 2.